The smallest absolute Gasteiger partial charge is 0.443 e. The van der Waals surface area contributed by atoms with Crippen LogP contribution in [0.15, 0.2) is 29.5 Å². The molecule has 0 bridgehead atoms. The average Bonchev–Trinajstić information content (AvgIpc) is 2.63. The molecular weight excluding hydrogens is 369 g/mol. The van der Waals surface area contributed by atoms with Crippen LogP contribution in [0.2, 0.25) is 0 Å². The summed E-state index contributed by atoms with van der Waals surface area (Å²) in [7, 11) is 0. The molecule has 0 radical (unpaired) electrons. The number of esters is 1. The number of hydrogen-bond acceptors (Lipinski definition) is 6. The van der Waals surface area contributed by atoms with Gasteiger partial charge in [0.05, 0.1) is 6.61 Å². The van der Waals surface area contributed by atoms with E-state index in [1.165, 1.54) is 36.9 Å². The lowest BCUT2D eigenvalue weighted by molar-refractivity contribution is -0.212. The van der Waals surface area contributed by atoms with Crippen molar-refractivity contribution in [2.75, 3.05) is 6.61 Å². The van der Waals surface area contributed by atoms with Crippen LogP contribution in [-0.2, 0) is 14.3 Å². The number of rotatable bonds is 8. The van der Waals surface area contributed by atoms with E-state index in [0.717, 1.165) is 0 Å². The molecule has 0 aliphatic carbocycles. The Balaban J connectivity index is 3.51. The molecule has 0 unspecified atom stereocenters. The molecule has 150 valence electrons. The number of halogens is 3. The molecule has 0 spiro atoms. The maximum absolute atomic E-state index is 13.9. The molecule has 1 aromatic heterocycles. The molecule has 0 aliphatic heterocycles. The highest BCUT2D eigenvalue weighted by Gasteiger charge is 2.64. The van der Waals surface area contributed by atoms with E-state index >= 15 is 0 Å². The van der Waals surface area contributed by atoms with Crippen LogP contribution in [0.5, 0.6) is 0 Å². The van der Waals surface area contributed by atoms with Crippen LogP contribution in [0.1, 0.15) is 38.7 Å². The summed E-state index contributed by atoms with van der Waals surface area (Å²) < 4.78 is 46.2. The lowest BCUT2D eigenvalue weighted by atomic mass is 10.1. The van der Waals surface area contributed by atoms with Gasteiger partial charge in [0.25, 0.3) is 0 Å². The number of unbranched alkanes of at least 4 members (excludes halogenated alkanes) is 1. The van der Waals surface area contributed by atoms with E-state index < -0.39 is 29.6 Å². The van der Waals surface area contributed by atoms with Crippen LogP contribution in [-0.4, -0.2) is 46.3 Å². The minimum Gasteiger partial charge on any atom is -0.463 e. The number of nitrogens with zero attached hydrogens (tertiary/aromatic N) is 2. The molecule has 8 nitrogen and oxygen atoms in total. The average molecular weight is 390 g/mol. The summed E-state index contributed by atoms with van der Waals surface area (Å²) in [5.74, 6) is -3.54. The maximum atomic E-state index is 13.9. The summed E-state index contributed by atoms with van der Waals surface area (Å²) in [4.78, 5) is 31.3. The molecule has 1 rings (SSSR count). The Morgan fingerprint density at radius 1 is 1.26 bits per heavy atom. The van der Waals surface area contributed by atoms with Crippen molar-refractivity contribution in [2.45, 2.75) is 44.9 Å². The fourth-order valence-electron chi connectivity index (χ4n) is 2.04. The Bertz CT molecular complexity index is 667. The van der Waals surface area contributed by atoms with E-state index in [0.29, 0.717) is 12.8 Å². The number of aromatic nitrogens is 1. The molecule has 3 N–H and O–H groups in total. The van der Waals surface area contributed by atoms with Crippen molar-refractivity contribution in [2.24, 2.45) is 4.99 Å². The number of aliphatic imine (C=N–C) groups is 1. The summed E-state index contributed by atoms with van der Waals surface area (Å²) in [5.41, 5.74) is -2.19. The van der Waals surface area contributed by atoms with Crippen molar-refractivity contribution < 1.29 is 32.7 Å². The number of amidine groups is 1. The number of pyridine rings is 1. The van der Waals surface area contributed by atoms with Crippen molar-refractivity contribution in [3.8, 4) is 0 Å². The monoisotopic (exact) mass is 390 g/mol. The van der Waals surface area contributed by atoms with Gasteiger partial charge >= 0.3 is 17.8 Å². The van der Waals surface area contributed by atoms with Gasteiger partial charge in [0, 0.05) is 24.4 Å². The largest absolute Gasteiger partial charge is 0.463 e. The van der Waals surface area contributed by atoms with Gasteiger partial charge in [0.1, 0.15) is 0 Å². The Hall–Kier alpha value is -2.69. The summed E-state index contributed by atoms with van der Waals surface area (Å²) in [5, 5.41) is 10.9. The van der Waals surface area contributed by atoms with Crippen LogP contribution >= 0.6 is 0 Å². The Kier molecular flexibility index (Phi) is 8.16. The third-order valence-corrected chi connectivity index (χ3v) is 3.40. The lowest BCUT2D eigenvalue weighted by Gasteiger charge is -2.31. The van der Waals surface area contributed by atoms with Gasteiger partial charge in [-0.15, -0.1) is 0 Å². The van der Waals surface area contributed by atoms with E-state index in [-0.39, 0.29) is 18.6 Å². The van der Waals surface area contributed by atoms with Gasteiger partial charge < -0.3 is 10.1 Å². The molecule has 1 aromatic rings. The first-order valence-corrected chi connectivity index (χ1v) is 8.17. The van der Waals surface area contributed by atoms with Gasteiger partial charge in [-0.1, -0.05) is 13.3 Å². The predicted molar refractivity (Wildman–Crippen MR) is 88.8 cm³/mol. The Morgan fingerprint density at radius 2 is 1.89 bits per heavy atom. The SMILES string of the molecule is CCCCC(=O)N[C@](/N=C(\NO)c1ccncc1)(C(=O)OCC)C(F)(F)F. The third-order valence-electron chi connectivity index (χ3n) is 3.40. The first-order chi connectivity index (χ1) is 12.7. The second-order valence-electron chi connectivity index (χ2n) is 5.39. The molecule has 0 aliphatic rings. The van der Waals surface area contributed by atoms with Gasteiger partial charge in [-0.05, 0) is 25.5 Å². The third kappa shape index (κ3) is 5.64. The summed E-state index contributed by atoms with van der Waals surface area (Å²) in [6, 6.07) is 2.51. The van der Waals surface area contributed by atoms with Crippen molar-refractivity contribution in [1.82, 2.24) is 15.8 Å². The lowest BCUT2D eigenvalue weighted by Crippen LogP contribution is -2.64. The highest BCUT2D eigenvalue weighted by molar-refractivity contribution is 6.01. The summed E-state index contributed by atoms with van der Waals surface area (Å²) in [6.45, 7) is 2.70. The molecule has 1 atom stereocenters. The van der Waals surface area contributed by atoms with Crippen molar-refractivity contribution in [3.63, 3.8) is 0 Å². The van der Waals surface area contributed by atoms with Crippen molar-refractivity contribution in [1.29, 1.82) is 0 Å². The highest BCUT2D eigenvalue weighted by atomic mass is 19.4. The number of hydroxylamine groups is 1. The number of alkyl halides is 3. The zero-order chi connectivity index (χ0) is 20.5. The number of ether oxygens (including phenoxy) is 1. The van der Waals surface area contributed by atoms with Crippen molar-refractivity contribution in [3.05, 3.63) is 30.1 Å². The number of carbonyl (C=O) groups excluding carboxylic acids is 2. The van der Waals surface area contributed by atoms with Gasteiger partial charge in [-0.25, -0.2) is 9.79 Å². The van der Waals surface area contributed by atoms with E-state index in [1.807, 2.05) is 0 Å². The normalized spacial score (nSPS) is 14.2. The van der Waals surface area contributed by atoms with Crippen LogP contribution in [0.3, 0.4) is 0 Å². The first-order valence-electron chi connectivity index (χ1n) is 8.17. The maximum Gasteiger partial charge on any atom is 0.443 e. The second-order valence-corrected chi connectivity index (χ2v) is 5.39. The number of nitrogens with one attached hydrogen (secondary N) is 2. The van der Waals surface area contributed by atoms with E-state index in [4.69, 9.17) is 0 Å². The number of amides is 1. The van der Waals surface area contributed by atoms with E-state index in [9.17, 15) is 28.0 Å². The van der Waals surface area contributed by atoms with E-state index in [2.05, 4.69) is 14.7 Å². The first kappa shape index (κ1) is 22.4. The van der Waals surface area contributed by atoms with Crippen LogP contribution in [0.4, 0.5) is 13.2 Å². The Labute approximate surface area is 153 Å². The number of hydrogen-bond donors (Lipinski definition) is 3. The minimum absolute atomic E-state index is 0.00762. The molecule has 1 amide bonds. The molecule has 0 saturated carbocycles. The molecule has 0 fully saturated rings. The summed E-state index contributed by atoms with van der Waals surface area (Å²) in [6.07, 6.45) is -2.18. The van der Waals surface area contributed by atoms with Gasteiger partial charge in [0.2, 0.25) is 5.91 Å². The predicted octanol–water partition coefficient (Wildman–Crippen LogP) is 1.94. The van der Waals surface area contributed by atoms with Crippen LogP contribution in [0, 0.1) is 0 Å². The molecule has 1 heterocycles. The standard InChI is InChI=1S/C16H21F3N4O4/c1-3-5-6-12(24)21-15(16(17,18)19,14(25)27-4-2)22-13(23-26)11-7-9-20-10-8-11/h7-10,26H,3-6H2,1-2H3,(H,21,24)(H,22,23)/t15-/m0/s1. The quantitative estimate of drug-likeness (QED) is 0.271. The van der Waals surface area contributed by atoms with Gasteiger partial charge in [-0.2, -0.15) is 13.2 Å². The molecule has 0 aromatic carbocycles. The number of carbonyl (C=O) groups is 2. The van der Waals surface area contributed by atoms with Crippen LogP contribution < -0.4 is 10.8 Å². The highest BCUT2D eigenvalue weighted by Crippen LogP contribution is 2.34. The van der Waals surface area contributed by atoms with Gasteiger partial charge in [-0.3, -0.25) is 20.5 Å². The van der Waals surface area contributed by atoms with Gasteiger partial charge in [0.15, 0.2) is 5.84 Å². The molecular formula is C16H21F3N4O4. The second kappa shape index (κ2) is 9.86. The molecule has 0 saturated heterocycles. The van der Waals surface area contributed by atoms with Crippen molar-refractivity contribution >= 4 is 17.7 Å². The van der Waals surface area contributed by atoms with Crippen LogP contribution in [0.25, 0.3) is 0 Å². The molecule has 27 heavy (non-hydrogen) atoms. The zero-order valence-corrected chi connectivity index (χ0v) is 14.8. The zero-order valence-electron chi connectivity index (χ0n) is 14.8. The topological polar surface area (TPSA) is 113 Å². The summed E-state index contributed by atoms with van der Waals surface area (Å²) >= 11 is 0. The fourth-order valence-corrected chi connectivity index (χ4v) is 2.04. The van der Waals surface area contributed by atoms with E-state index in [1.54, 1.807) is 12.2 Å². The minimum atomic E-state index is -5.34. The fraction of sp³-hybridized carbons (Fsp3) is 0.500. The molecule has 11 heteroatoms. The Morgan fingerprint density at radius 3 is 2.37 bits per heavy atom.